The molecule has 1 saturated heterocycles. The van der Waals surface area contributed by atoms with Crippen LogP contribution in [0.4, 0.5) is 5.69 Å². The SMILES string of the molecule is Cc1ccc(C2OCCCO2)cc1N. The Kier molecular flexibility index (Phi) is 2.70. The maximum Gasteiger partial charge on any atom is 0.183 e. The number of hydrogen-bond donors (Lipinski definition) is 1. The molecule has 14 heavy (non-hydrogen) atoms. The summed E-state index contributed by atoms with van der Waals surface area (Å²) in [6, 6.07) is 5.92. The minimum atomic E-state index is -0.230. The highest BCUT2D eigenvalue weighted by molar-refractivity contribution is 5.48. The summed E-state index contributed by atoms with van der Waals surface area (Å²) in [6.07, 6.45) is 0.740. The summed E-state index contributed by atoms with van der Waals surface area (Å²) in [5, 5.41) is 0. The molecule has 0 radical (unpaired) electrons. The summed E-state index contributed by atoms with van der Waals surface area (Å²) >= 11 is 0. The predicted octanol–water partition coefficient (Wildman–Crippen LogP) is 2.01. The standard InChI is InChI=1S/C11H15NO2/c1-8-3-4-9(7-10(8)12)11-13-5-2-6-14-11/h3-4,7,11H,2,5-6,12H2,1H3. The largest absolute Gasteiger partial charge is 0.399 e. The highest BCUT2D eigenvalue weighted by Gasteiger charge is 2.16. The lowest BCUT2D eigenvalue weighted by Gasteiger charge is -2.23. The highest BCUT2D eigenvalue weighted by atomic mass is 16.7. The van der Waals surface area contributed by atoms with Gasteiger partial charge in [0.1, 0.15) is 0 Å². The highest BCUT2D eigenvalue weighted by Crippen LogP contribution is 2.25. The lowest BCUT2D eigenvalue weighted by atomic mass is 10.1. The van der Waals surface area contributed by atoms with Crippen LogP contribution < -0.4 is 5.73 Å². The third-order valence-corrected chi connectivity index (χ3v) is 2.40. The first-order valence-electron chi connectivity index (χ1n) is 4.86. The van der Waals surface area contributed by atoms with E-state index in [1.807, 2.05) is 25.1 Å². The molecule has 2 rings (SSSR count). The molecule has 0 saturated carbocycles. The van der Waals surface area contributed by atoms with Gasteiger partial charge in [0.25, 0.3) is 0 Å². The molecule has 0 aromatic heterocycles. The second-order valence-electron chi connectivity index (χ2n) is 3.54. The number of rotatable bonds is 1. The van der Waals surface area contributed by atoms with E-state index in [9.17, 15) is 0 Å². The number of benzene rings is 1. The monoisotopic (exact) mass is 193 g/mol. The van der Waals surface area contributed by atoms with Crippen LogP contribution in [0.2, 0.25) is 0 Å². The molecule has 1 heterocycles. The Bertz CT molecular complexity index is 319. The third kappa shape index (κ3) is 1.89. The van der Waals surface area contributed by atoms with Crippen molar-refractivity contribution in [3.8, 4) is 0 Å². The second kappa shape index (κ2) is 3.98. The van der Waals surface area contributed by atoms with E-state index in [0.29, 0.717) is 0 Å². The average Bonchev–Trinajstić information content (AvgIpc) is 2.23. The molecule has 0 aliphatic carbocycles. The van der Waals surface area contributed by atoms with Crippen molar-refractivity contribution in [3.05, 3.63) is 29.3 Å². The van der Waals surface area contributed by atoms with Crippen LogP contribution in [0.1, 0.15) is 23.8 Å². The summed E-state index contributed by atoms with van der Waals surface area (Å²) in [6.45, 7) is 3.51. The predicted molar refractivity (Wildman–Crippen MR) is 54.9 cm³/mol. The first-order chi connectivity index (χ1) is 6.77. The van der Waals surface area contributed by atoms with Crippen molar-refractivity contribution in [2.75, 3.05) is 18.9 Å². The molecule has 1 aromatic carbocycles. The molecule has 76 valence electrons. The fourth-order valence-corrected chi connectivity index (χ4v) is 1.49. The maximum absolute atomic E-state index is 5.82. The third-order valence-electron chi connectivity index (χ3n) is 2.40. The Morgan fingerprint density at radius 2 is 2.00 bits per heavy atom. The zero-order chi connectivity index (χ0) is 9.97. The molecule has 3 heteroatoms. The Morgan fingerprint density at radius 3 is 2.64 bits per heavy atom. The lowest BCUT2D eigenvalue weighted by molar-refractivity contribution is -0.183. The maximum atomic E-state index is 5.82. The molecule has 0 unspecified atom stereocenters. The fourth-order valence-electron chi connectivity index (χ4n) is 1.49. The molecule has 2 N–H and O–H groups in total. The molecule has 1 aromatic rings. The zero-order valence-electron chi connectivity index (χ0n) is 8.32. The topological polar surface area (TPSA) is 44.5 Å². The first-order valence-corrected chi connectivity index (χ1v) is 4.86. The van der Waals surface area contributed by atoms with Gasteiger partial charge in [-0.15, -0.1) is 0 Å². The molecule has 0 atom stereocenters. The van der Waals surface area contributed by atoms with Gasteiger partial charge in [-0.1, -0.05) is 12.1 Å². The van der Waals surface area contributed by atoms with Crippen LogP contribution in [0, 0.1) is 6.92 Å². The van der Waals surface area contributed by atoms with Crippen molar-refractivity contribution < 1.29 is 9.47 Å². The van der Waals surface area contributed by atoms with E-state index in [1.165, 1.54) is 0 Å². The number of ether oxygens (including phenoxy) is 2. The molecule has 1 aliphatic heterocycles. The second-order valence-corrected chi connectivity index (χ2v) is 3.54. The first kappa shape index (κ1) is 9.49. The van der Waals surface area contributed by atoms with E-state index < -0.39 is 0 Å². The molecule has 0 amide bonds. The number of anilines is 1. The van der Waals surface area contributed by atoms with Crippen LogP contribution in [-0.4, -0.2) is 13.2 Å². The molecule has 1 aliphatic rings. The van der Waals surface area contributed by atoms with Gasteiger partial charge in [0.15, 0.2) is 6.29 Å². The van der Waals surface area contributed by atoms with Crippen molar-refractivity contribution in [2.24, 2.45) is 0 Å². The Balaban J connectivity index is 2.18. The van der Waals surface area contributed by atoms with E-state index >= 15 is 0 Å². The van der Waals surface area contributed by atoms with Crippen LogP contribution in [-0.2, 0) is 9.47 Å². The van der Waals surface area contributed by atoms with E-state index in [-0.39, 0.29) is 6.29 Å². The van der Waals surface area contributed by atoms with Crippen LogP contribution >= 0.6 is 0 Å². The van der Waals surface area contributed by atoms with Gasteiger partial charge in [-0.25, -0.2) is 0 Å². The van der Waals surface area contributed by atoms with Gasteiger partial charge in [-0.2, -0.15) is 0 Å². The molecule has 0 bridgehead atoms. The Labute approximate surface area is 83.8 Å². The lowest BCUT2D eigenvalue weighted by Crippen LogP contribution is -2.17. The zero-order valence-corrected chi connectivity index (χ0v) is 8.32. The summed E-state index contributed by atoms with van der Waals surface area (Å²) in [7, 11) is 0. The summed E-state index contributed by atoms with van der Waals surface area (Å²) < 4.78 is 11.0. The molecule has 3 nitrogen and oxygen atoms in total. The Morgan fingerprint density at radius 1 is 1.29 bits per heavy atom. The quantitative estimate of drug-likeness (QED) is 0.694. The van der Waals surface area contributed by atoms with E-state index in [4.69, 9.17) is 15.2 Å². The number of hydrogen-bond acceptors (Lipinski definition) is 3. The van der Waals surface area contributed by atoms with E-state index in [0.717, 1.165) is 36.4 Å². The normalized spacial score (nSPS) is 18.4. The van der Waals surface area contributed by atoms with Crippen molar-refractivity contribution in [2.45, 2.75) is 19.6 Å². The number of nitrogens with two attached hydrogens (primary N) is 1. The minimum Gasteiger partial charge on any atom is -0.399 e. The smallest absolute Gasteiger partial charge is 0.183 e. The number of nitrogen functional groups attached to an aromatic ring is 1. The van der Waals surface area contributed by atoms with Crippen LogP contribution in [0.25, 0.3) is 0 Å². The van der Waals surface area contributed by atoms with Crippen molar-refractivity contribution in [3.63, 3.8) is 0 Å². The molecule has 1 fully saturated rings. The Hall–Kier alpha value is -1.06. The fraction of sp³-hybridized carbons (Fsp3) is 0.455. The summed E-state index contributed by atoms with van der Waals surface area (Å²) in [5.74, 6) is 0. The van der Waals surface area contributed by atoms with Gasteiger partial charge in [-0.05, 0) is 25.0 Å². The van der Waals surface area contributed by atoms with Gasteiger partial charge >= 0.3 is 0 Å². The van der Waals surface area contributed by atoms with Crippen LogP contribution in [0.5, 0.6) is 0 Å². The minimum absolute atomic E-state index is 0.230. The molecular formula is C11H15NO2. The summed E-state index contributed by atoms with van der Waals surface area (Å²) in [5.41, 5.74) is 8.70. The molecular weight excluding hydrogens is 178 g/mol. The van der Waals surface area contributed by atoms with Crippen LogP contribution in [0.3, 0.4) is 0 Å². The van der Waals surface area contributed by atoms with Crippen molar-refractivity contribution in [1.82, 2.24) is 0 Å². The molecule has 0 spiro atoms. The van der Waals surface area contributed by atoms with Gasteiger partial charge in [0.2, 0.25) is 0 Å². The van der Waals surface area contributed by atoms with E-state index in [1.54, 1.807) is 0 Å². The summed E-state index contributed by atoms with van der Waals surface area (Å²) in [4.78, 5) is 0. The van der Waals surface area contributed by atoms with Gasteiger partial charge < -0.3 is 15.2 Å². The van der Waals surface area contributed by atoms with Crippen molar-refractivity contribution in [1.29, 1.82) is 0 Å². The average molecular weight is 193 g/mol. The van der Waals surface area contributed by atoms with Crippen LogP contribution in [0.15, 0.2) is 18.2 Å². The van der Waals surface area contributed by atoms with Gasteiger partial charge in [-0.3, -0.25) is 0 Å². The van der Waals surface area contributed by atoms with Crippen molar-refractivity contribution >= 4 is 5.69 Å². The van der Waals surface area contributed by atoms with E-state index in [2.05, 4.69) is 0 Å². The number of aryl methyl sites for hydroxylation is 1. The van der Waals surface area contributed by atoms with Gasteiger partial charge in [0, 0.05) is 11.3 Å². The van der Waals surface area contributed by atoms with Gasteiger partial charge in [0.05, 0.1) is 13.2 Å².